The van der Waals surface area contributed by atoms with Crippen molar-refractivity contribution in [3.05, 3.63) is 22.9 Å². The third kappa shape index (κ3) is 3.10. The van der Waals surface area contributed by atoms with Gasteiger partial charge in [-0.3, -0.25) is 4.79 Å². The van der Waals surface area contributed by atoms with Gasteiger partial charge in [0.15, 0.2) is 0 Å². The summed E-state index contributed by atoms with van der Waals surface area (Å²) in [5.74, 6) is 0.508. The zero-order chi connectivity index (χ0) is 14.7. The van der Waals surface area contributed by atoms with Crippen molar-refractivity contribution in [2.45, 2.75) is 45.6 Å². The molecule has 5 heteroatoms. The van der Waals surface area contributed by atoms with E-state index in [0.717, 1.165) is 36.9 Å². The summed E-state index contributed by atoms with van der Waals surface area (Å²) in [6.07, 6.45) is 4.25. The maximum atomic E-state index is 11.7. The van der Waals surface area contributed by atoms with Gasteiger partial charge in [-0.2, -0.15) is 0 Å². The molecule has 1 aliphatic carbocycles. The van der Waals surface area contributed by atoms with Crippen molar-refractivity contribution in [2.75, 3.05) is 11.9 Å². The van der Waals surface area contributed by atoms with E-state index in [2.05, 4.69) is 24.1 Å². The molecule has 1 atom stereocenters. The number of primary amides is 1. The Bertz CT molecular complexity index is 499. The molecule has 0 aromatic carbocycles. The first kappa shape index (κ1) is 14.8. The molecular weight excluding hydrogens is 252 g/mol. The smallest absolute Gasteiger partial charge is 0.252 e. The number of carbonyl (C=O) groups is 1. The molecule has 0 fully saturated rings. The molecule has 1 aromatic heterocycles. The highest BCUT2D eigenvalue weighted by atomic mass is 16.1. The van der Waals surface area contributed by atoms with Crippen LogP contribution in [0.5, 0.6) is 0 Å². The van der Waals surface area contributed by atoms with Gasteiger partial charge >= 0.3 is 0 Å². The lowest BCUT2D eigenvalue weighted by Crippen LogP contribution is -2.35. The molecule has 1 unspecified atom stereocenters. The Kier molecular flexibility index (Phi) is 4.60. The first-order valence-corrected chi connectivity index (χ1v) is 7.32. The van der Waals surface area contributed by atoms with E-state index in [4.69, 9.17) is 11.5 Å². The van der Waals surface area contributed by atoms with Crippen LogP contribution in [0.2, 0.25) is 0 Å². The summed E-state index contributed by atoms with van der Waals surface area (Å²) in [6.45, 7) is 4.67. The Morgan fingerprint density at radius 3 is 2.70 bits per heavy atom. The highest BCUT2D eigenvalue weighted by Gasteiger charge is 2.20. The van der Waals surface area contributed by atoms with E-state index in [1.165, 1.54) is 0 Å². The van der Waals surface area contributed by atoms with Crippen LogP contribution in [0, 0.1) is 5.92 Å². The first-order valence-electron chi connectivity index (χ1n) is 7.32. The molecule has 0 bridgehead atoms. The lowest BCUT2D eigenvalue weighted by Gasteiger charge is -2.24. The van der Waals surface area contributed by atoms with Crippen molar-refractivity contribution >= 4 is 11.7 Å². The number of anilines is 1. The van der Waals surface area contributed by atoms with Crippen LogP contribution in [0.4, 0.5) is 5.82 Å². The minimum atomic E-state index is -0.437. The number of hydrogen-bond donors (Lipinski definition) is 3. The van der Waals surface area contributed by atoms with E-state index in [1.54, 1.807) is 0 Å². The predicted molar refractivity (Wildman–Crippen MR) is 80.7 cm³/mol. The van der Waals surface area contributed by atoms with Gasteiger partial charge in [0, 0.05) is 18.3 Å². The molecule has 5 N–H and O–H groups in total. The van der Waals surface area contributed by atoms with Crippen molar-refractivity contribution in [1.82, 2.24) is 4.98 Å². The van der Waals surface area contributed by atoms with Crippen molar-refractivity contribution in [1.29, 1.82) is 0 Å². The van der Waals surface area contributed by atoms with Crippen LogP contribution in [0.15, 0.2) is 6.07 Å². The maximum absolute atomic E-state index is 11.7. The van der Waals surface area contributed by atoms with E-state index in [1.807, 2.05) is 6.07 Å². The van der Waals surface area contributed by atoms with E-state index in [0.29, 0.717) is 23.8 Å². The molecule has 1 aromatic rings. The standard InChI is InChI=1S/C15H24N4O/c1-9(2)13(8-16)19-15-11(14(17)20)7-10-5-3-4-6-12(10)18-15/h7,9,13H,3-6,8,16H2,1-2H3,(H2,17,20)(H,18,19). The molecule has 1 heterocycles. The third-order valence-electron chi connectivity index (χ3n) is 3.95. The van der Waals surface area contributed by atoms with Crippen LogP contribution in [-0.2, 0) is 12.8 Å². The van der Waals surface area contributed by atoms with Crippen molar-refractivity contribution in [3.8, 4) is 0 Å². The quantitative estimate of drug-likeness (QED) is 0.758. The highest BCUT2D eigenvalue weighted by molar-refractivity contribution is 5.97. The van der Waals surface area contributed by atoms with E-state index in [-0.39, 0.29) is 6.04 Å². The number of aryl methyl sites for hydroxylation is 2. The summed E-state index contributed by atoms with van der Waals surface area (Å²) in [7, 11) is 0. The van der Waals surface area contributed by atoms with Gasteiger partial charge in [0.2, 0.25) is 0 Å². The number of hydrogen-bond acceptors (Lipinski definition) is 4. The Hall–Kier alpha value is -1.62. The highest BCUT2D eigenvalue weighted by Crippen LogP contribution is 2.25. The molecule has 5 nitrogen and oxygen atoms in total. The normalized spacial score (nSPS) is 15.8. The fourth-order valence-corrected chi connectivity index (χ4v) is 2.60. The lowest BCUT2D eigenvalue weighted by molar-refractivity contribution is 0.100. The minimum absolute atomic E-state index is 0.0854. The zero-order valence-corrected chi connectivity index (χ0v) is 12.3. The summed E-state index contributed by atoms with van der Waals surface area (Å²) >= 11 is 0. The van der Waals surface area contributed by atoms with Gasteiger partial charge in [0.1, 0.15) is 5.82 Å². The molecular formula is C15H24N4O. The van der Waals surface area contributed by atoms with Crippen LogP contribution in [0.25, 0.3) is 0 Å². The SMILES string of the molecule is CC(C)C(CN)Nc1nc2c(cc1C(N)=O)CCCC2. The third-order valence-corrected chi connectivity index (χ3v) is 3.95. The number of nitrogens with one attached hydrogen (secondary N) is 1. The summed E-state index contributed by atoms with van der Waals surface area (Å²) in [5.41, 5.74) is 14.0. The number of aromatic nitrogens is 1. The topological polar surface area (TPSA) is 94.0 Å². The number of fused-ring (bicyclic) bond motifs is 1. The zero-order valence-electron chi connectivity index (χ0n) is 12.3. The molecule has 110 valence electrons. The summed E-state index contributed by atoms with van der Waals surface area (Å²) in [5, 5.41) is 3.29. The molecule has 1 amide bonds. The maximum Gasteiger partial charge on any atom is 0.252 e. The Labute approximate surface area is 120 Å². The molecule has 0 saturated carbocycles. The van der Waals surface area contributed by atoms with Gasteiger partial charge in [-0.1, -0.05) is 13.8 Å². The number of pyridine rings is 1. The summed E-state index contributed by atoms with van der Waals surface area (Å²) in [6, 6.07) is 1.99. The fraction of sp³-hybridized carbons (Fsp3) is 0.600. The van der Waals surface area contributed by atoms with E-state index < -0.39 is 5.91 Å². The van der Waals surface area contributed by atoms with Crippen LogP contribution in [-0.4, -0.2) is 23.5 Å². The Balaban J connectivity index is 2.37. The fourth-order valence-electron chi connectivity index (χ4n) is 2.60. The molecule has 0 saturated heterocycles. The predicted octanol–water partition coefficient (Wildman–Crippen LogP) is 1.45. The van der Waals surface area contributed by atoms with Crippen LogP contribution < -0.4 is 16.8 Å². The van der Waals surface area contributed by atoms with Crippen LogP contribution in [0.1, 0.15) is 48.3 Å². The van der Waals surface area contributed by atoms with Crippen molar-refractivity contribution < 1.29 is 4.79 Å². The lowest BCUT2D eigenvalue weighted by atomic mass is 9.94. The second-order valence-electron chi connectivity index (χ2n) is 5.79. The molecule has 1 aliphatic rings. The van der Waals surface area contributed by atoms with E-state index >= 15 is 0 Å². The second-order valence-corrected chi connectivity index (χ2v) is 5.79. The summed E-state index contributed by atoms with van der Waals surface area (Å²) < 4.78 is 0. The van der Waals surface area contributed by atoms with Gasteiger partial charge in [-0.25, -0.2) is 4.98 Å². The van der Waals surface area contributed by atoms with E-state index in [9.17, 15) is 4.79 Å². The van der Waals surface area contributed by atoms with Crippen LogP contribution in [0.3, 0.4) is 0 Å². The minimum Gasteiger partial charge on any atom is -0.365 e. The monoisotopic (exact) mass is 276 g/mol. The summed E-state index contributed by atoms with van der Waals surface area (Å²) in [4.78, 5) is 16.3. The molecule has 0 radical (unpaired) electrons. The van der Waals surface area contributed by atoms with Gasteiger partial charge in [-0.15, -0.1) is 0 Å². The largest absolute Gasteiger partial charge is 0.365 e. The molecule has 0 spiro atoms. The van der Waals surface area contributed by atoms with Gasteiger partial charge in [0.25, 0.3) is 5.91 Å². The van der Waals surface area contributed by atoms with Gasteiger partial charge in [0.05, 0.1) is 5.56 Å². The number of carbonyl (C=O) groups excluding carboxylic acids is 1. The molecule has 20 heavy (non-hydrogen) atoms. The van der Waals surface area contributed by atoms with Crippen LogP contribution >= 0.6 is 0 Å². The number of nitrogens with two attached hydrogens (primary N) is 2. The van der Waals surface area contributed by atoms with Crippen molar-refractivity contribution in [3.63, 3.8) is 0 Å². The second kappa shape index (κ2) is 6.22. The first-order chi connectivity index (χ1) is 9.52. The number of rotatable bonds is 5. The van der Waals surface area contributed by atoms with Gasteiger partial charge < -0.3 is 16.8 Å². The molecule has 0 aliphatic heterocycles. The molecule has 2 rings (SSSR count). The van der Waals surface area contributed by atoms with Gasteiger partial charge in [-0.05, 0) is 43.2 Å². The number of amides is 1. The average molecular weight is 276 g/mol. The van der Waals surface area contributed by atoms with Crippen molar-refractivity contribution in [2.24, 2.45) is 17.4 Å². The Morgan fingerprint density at radius 2 is 2.10 bits per heavy atom. The Morgan fingerprint density at radius 1 is 1.40 bits per heavy atom. The number of nitrogens with zero attached hydrogens (tertiary/aromatic N) is 1. The average Bonchev–Trinajstić information content (AvgIpc) is 2.43.